The highest BCUT2D eigenvalue weighted by Crippen LogP contribution is 2.32. The van der Waals surface area contributed by atoms with Gasteiger partial charge in [0.1, 0.15) is 0 Å². The average molecular weight is 259 g/mol. The molecule has 0 saturated carbocycles. The van der Waals surface area contributed by atoms with Crippen molar-refractivity contribution in [2.45, 2.75) is 31.3 Å². The fourth-order valence-corrected chi connectivity index (χ4v) is 5.12. The number of nitrogens with one attached hydrogen (secondary N) is 3. The summed E-state index contributed by atoms with van der Waals surface area (Å²) >= 11 is 0. The zero-order valence-corrected chi connectivity index (χ0v) is 10.8. The van der Waals surface area contributed by atoms with Gasteiger partial charge in [-0.15, -0.1) is 0 Å². The molecule has 0 aromatic rings. The van der Waals surface area contributed by atoms with Gasteiger partial charge in [-0.05, 0) is 31.1 Å². The predicted octanol–water partition coefficient (Wildman–Crippen LogP) is -0.734. The monoisotopic (exact) mass is 259 g/mol. The van der Waals surface area contributed by atoms with E-state index in [9.17, 15) is 8.42 Å². The van der Waals surface area contributed by atoms with Gasteiger partial charge in [0, 0.05) is 31.7 Å². The molecule has 0 aromatic carbocycles. The quantitative estimate of drug-likeness (QED) is 0.580. The summed E-state index contributed by atoms with van der Waals surface area (Å²) in [6.45, 7) is 2.66. The molecule has 4 aliphatic rings. The standard InChI is InChI=1S/C11H21N3O2S/c15-17(16)7-8(2-1-3-14-17)10-4-9-5-13-11(10)6-12-9/h8-14H,1-7H2. The molecule has 17 heavy (non-hydrogen) atoms. The number of rotatable bonds is 1. The SMILES string of the molecule is O=S1(=O)CC(C2CC3CNC2CN3)CCCN1. The Balaban J connectivity index is 1.74. The zero-order chi connectivity index (χ0) is 11.9. The minimum Gasteiger partial charge on any atom is -0.311 e. The van der Waals surface area contributed by atoms with E-state index in [1.54, 1.807) is 0 Å². The smallest absolute Gasteiger partial charge is 0.211 e. The maximum Gasteiger partial charge on any atom is 0.211 e. The van der Waals surface area contributed by atoms with Gasteiger partial charge in [0.2, 0.25) is 10.0 Å². The summed E-state index contributed by atoms with van der Waals surface area (Å²) in [5, 5.41) is 7.03. The number of hydrogen-bond acceptors (Lipinski definition) is 4. The molecule has 2 bridgehead atoms. The first-order valence-electron chi connectivity index (χ1n) is 6.58. The highest BCUT2D eigenvalue weighted by molar-refractivity contribution is 7.89. The van der Waals surface area contributed by atoms with Crippen LogP contribution in [0.2, 0.25) is 0 Å². The van der Waals surface area contributed by atoms with Crippen LogP contribution >= 0.6 is 0 Å². The number of sulfonamides is 1. The summed E-state index contributed by atoms with van der Waals surface area (Å²) in [6, 6.07) is 1.02. The molecule has 0 radical (unpaired) electrons. The van der Waals surface area contributed by atoms with E-state index in [-0.39, 0.29) is 0 Å². The van der Waals surface area contributed by atoms with Crippen LogP contribution in [0.15, 0.2) is 0 Å². The molecule has 6 heteroatoms. The molecule has 4 heterocycles. The Morgan fingerprint density at radius 2 is 2.00 bits per heavy atom. The van der Waals surface area contributed by atoms with Crippen LogP contribution in [0.1, 0.15) is 19.3 Å². The lowest BCUT2D eigenvalue weighted by Gasteiger charge is -2.46. The van der Waals surface area contributed by atoms with Crippen molar-refractivity contribution in [2.24, 2.45) is 11.8 Å². The predicted molar refractivity (Wildman–Crippen MR) is 66.2 cm³/mol. The molecule has 5 nitrogen and oxygen atoms in total. The zero-order valence-electron chi connectivity index (χ0n) is 9.98. The number of piperazine rings is 1. The molecule has 3 N–H and O–H groups in total. The Morgan fingerprint density at radius 1 is 1.12 bits per heavy atom. The van der Waals surface area contributed by atoms with Crippen molar-refractivity contribution >= 4 is 10.0 Å². The second-order valence-corrected chi connectivity index (χ2v) is 7.45. The molecule has 4 atom stereocenters. The summed E-state index contributed by atoms with van der Waals surface area (Å²) in [6.07, 6.45) is 3.16. The van der Waals surface area contributed by atoms with Crippen LogP contribution in [0.25, 0.3) is 0 Å². The van der Waals surface area contributed by atoms with E-state index in [1.807, 2.05) is 0 Å². The van der Waals surface area contributed by atoms with E-state index in [0.717, 1.165) is 32.4 Å². The van der Waals surface area contributed by atoms with E-state index in [0.29, 0.717) is 36.2 Å². The van der Waals surface area contributed by atoms with Crippen LogP contribution < -0.4 is 15.4 Å². The molecular formula is C11H21N3O2S. The van der Waals surface area contributed by atoms with Crippen molar-refractivity contribution in [3.63, 3.8) is 0 Å². The van der Waals surface area contributed by atoms with Crippen LogP contribution in [0, 0.1) is 11.8 Å². The van der Waals surface area contributed by atoms with Crippen molar-refractivity contribution in [2.75, 3.05) is 25.4 Å². The third-order valence-corrected chi connectivity index (χ3v) is 5.95. The first-order chi connectivity index (χ1) is 8.14. The Kier molecular flexibility index (Phi) is 3.15. The second-order valence-electron chi connectivity index (χ2n) is 5.60. The summed E-state index contributed by atoms with van der Waals surface area (Å²) in [7, 11) is -3.03. The van der Waals surface area contributed by atoms with Crippen molar-refractivity contribution in [1.29, 1.82) is 0 Å². The Bertz CT molecular complexity index is 376. The highest BCUT2D eigenvalue weighted by atomic mass is 32.2. The molecule has 0 spiro atoms. The lowest BCUT2D eigenvalue weighted by Crippen LogP contribution is -2.64. The van der Waals surface area contributed by atoms with Gasteiger partial charge in [-0.1, -0.05) is 0 Å². The van der Waals surface area contributed by atoms with Crippen molar-refractivity contribution in [1.82, 2.24) is 15.4 Å². The number of hydrogen-bond donors (Lipinski definition) is 3. The van der Waals surface area contributed by atoms with Crippen LogP contribution in [0.5, 0.6) is 0 Å². The van der Waals surface area contributed by atoms with Gasteiger partial charge >= 0.3 is 0 Å². The van der Waals surface area contributed by atoms with Gasteiger partial charge in [0.15, 0.2) is 0 Å². The minimum absolute atomic E-state index is 0.322. The number of piperidine rings is 2. The largest absolute Gasteiger partial charge is 0.311 e. The van der Waals surface area contributed by atoms with E-state index < -0.39 is 10.0 Å². The van der Waals surface area contributed by atoms with Crippen LogP contribution in [0.4, 0.5) is 0 Å². The molecular weight excluding hydrogens is 238 g/mol. The Hall–Kier alpha value is -0.170. The van der Waals surface area contributed by atoms with E-state index in [2.05, 4.69) is 15.4 Å². The first-order valence-corrected chi connectivity index (χ1v) is 8.23. The lowest BCUT2D eigenvalue weighted by molar-refractivity contribution is 0.123. The molecule has 4 unspecified atom stereocenters. The molecule has 0 aliphatic carbocycles. The second kappa shape index (κ2) is 4.50. The molecule has 0 amide bonds. The Morgan fingerprint density at radius 3 is 2.65 bits per heavy atom. The summed E-state index contributed by atoms with van der Waals surface area (Å²) in [4.78, 5) is 0. The molecule has 4 saturated heterocycles. The van der Waals surface area contributed by atoms with Gasteiger partial charge in [-0.25, -0.2) is 13.1 Å². The summed E-state index contributed by atoms with van der Waals surface area (Å²) < 4.78 is 26.2. The molecule has 4 aliphatic heterocycles. The number of fused-ring (bicyclic) bond motifs is 3. The molecule has 4 fully saturated rings. The van der Waals surface area contributed by atoms with E-state index in [4.69, 9.17) is 0 Å². The van der Waals surface area contributed by atoms with Crippen LogP contribution in [-0.4, -0.2) is 45.9 Å². The fourth-order valence-electron chi connectivity index (χ4n) is 3.57. The van der Waals surface area contributed by atoms with Gasteiger partial charge in [0.25, 0.3) is 0 Å². The molecule has 98 valence electrons. The Labute approximate surface area is 103 Å². The fraction of sp³-hybridized carbons (Fsp3) is 1.00. The maximum atomic E-state index is 11.8. The normalized spacial score (nSPS) is 45.4. The van der Waals surface area contributed by atoms with Gasteiger partial charge in [0.05, 0.1) is 5.75 Å². The van der Waals surface area contributed by atoms with Crippen molar-refractivity contribution in [3.8, 4) is 0 Å². The van der Waals surface area contributed by atoms with Crippen molar-refractivity contribution < 1.29 is 8.42 Å². The minimum atomic E-state index is -3.03. The summed E-state index contributed by atoms with van der Waals surface area (Å²) in [5.41, 5.74) is 0. The van der Waals surface area contributed by atoms with E-state index in [1.165, 1.54) is 0 Å². The highest BCUT2D eigenvalue weighted by Gasteiger charge is 2.40. The van der Waals surface area contributed by atoms with Crippen LogP contribution in [-0.2, 0) is 10.0 Å². The summed E-state index contributed by atoms with van der Waals surface area (Å²) in [5.74, 6) is 1.19. The lowest BCUT2D eigenvalue weighted by atomic mass is 9.75. The first kappa shape index (κ1) is 11.9. The van der Waals surface area contributed by atoms with Crippen molar-refractivity contribution in [3.05, 3.63) is 0 Å². The molecule has 4 rings (SSSR count). The maximum absolute atomic E-state index is 11.8. The third-order valence-electron chi connectivity index (χ3n) is 4.44. The molecule has 0 aromatic heterocycles. The van der Waals surface area contributed by atoms with Gasteiger partial charge in [-0.3, -0.25) is 0 Å². The van der Waals surface area contributed by atoms with Gasteiger partial charge in [-0.2, -0.15) is 0 Å². The topological polar surface area (TPSA) is 70.2 Å². The third kappa shape index (κ3) is 2.50. The van der Waals surface area contributed by atoms with Gasteiger partial charge < -0.3 is 10.6 Å². The van der Waals surface area contributed by atoms with E-state index >= 15 is 0 Å². The van der Waals surface area contributed by atoms with Crippen LogP contribution in [0.3, 0.4) is 0 Å². The average Bonchev–Trinajstić information content (AvgIpc) is 2.51.